The standard InChI is InChI=1S/C18H27FN4O3/c1-3-15(24)12-23-7-8-26-17(16(4-2)18(23)25)9-13(19)11-22-14(10-21)5-6-20/h4-6,9-11,15,22,24H,3,7-8,12,20-21H2,1-2H3/b6-5-,13-11-,14-10+,16-4+,17-9+. The molecule has 7 nitrogen and oxygen atoms in total. The highest BCUT2D eigenvalue weighted by Gasteiger charge is 2.26. The topological polar surface area (TPSA) is 114 Å². The Hall–Kier alpha value is -2.74. The van der Waals surface area contributed by atoms with Crippen molar-refractivity contribution in [3.63, 3.8) is 0 Å². The van der Waals surface area contributed by atoms with Gasteiger partial charge in [0, 0.05) is 25.0 Å². The summed E-state index contributed by atoms with van der Waals surface area (Å²) in [7, 11) is 0. The summed E-state index contributed by atoms with van der Waals surface area (Å²) in [6, 6.07) is 0. The van der Waals surface area contributed by atoms with Crippen molar-refractivity contribution in [1.82, 2.24) is 10.2 Å². The summed E-state index contributed by atoms with van der Waals surface area (Å²) in [6.45, 7) is 4.23. The SMILES string of the molecule is C/C=C1/C(=O)N(CC(O)CC)CCO/C1=C/C(F)=C/NC(/C=C\N)=C/N. The summed E-state index contributed by atoms with van der Waals surface area (Å²) < 4.78 is 19.7. The number of ether oxygens (including phenoxy) is 1. The second-order valence-electron chi connectivity index (χ2n) is 5.53. The number of hydrogen-bond donors (Lipinski definition) is 4. The molecule has 0 saturated carbocycles. The minimum atomic E-state index is -0.654. The number of halogens is 1. The Morgan fingerprint density at radius 3 is 2.81 bits per heavy atom. The Labute approximate surface area is 153 Å². The molecular formula is C18H27FN4O3. The number of nitrogens with one attached hydrogen (secondary N) is 1. The molecule has 1 fully saturated rings. The molecule has 8 heteroatoms. The molecule has 1 rings (SSSR count). The van der Waals surface area contributed by atoms with Crippen molar-refractivity contribution in [2.24, 2.45) is 11.5 Å². The first-order chi connectivity index (χ1) is 12.5. The third-order valence-corrected chi connectivity index (χ3v) is 3.69. The number of aliphatic hydroxyl groups excluding tert-OH is 1. The predicted molar refractivity (Wildman–Crippen MR) is 98.6 cm³/mol. The van der Waals surface area contributed by atoms with Crippen LogP contribution in [0.25, 0.3) is 0 Å². The van der Waals surface area contributed by atoms with Gasteiger partial charge in [-0.1, -0.05) is 13.0 Å². The summed E-state index contributed by atoms with van der Waals surface area (Å²) >= 11 is 0. The molecule has 0 bridgehead atoms. The van der Waals surface area contributed by atoms with E-state index < -0.39 is 11.9 Å². The van der Waals surface area contributed by atoms with Crippen LogP contribution >= 0.6 is 0 Å². The van der Waals surface area contributed by atoms with Gasteiger partial charge < -0.3 is 31.5 Å². The number of carbonyl (C=O) groups is 1. The number of carbonyl (C=O) groups excluding carboxylic acids is 1. The van der Waals surface area contributed by atoms with E-state index in [2.05, 4.69) is 5.32 Å². The third kappa shape index (κ3) is 6.29. The predicted octanol–water partition coefficient (Wildman–Crippen LogP) is 1.12. The molecule has 1 amide bonds. The Morgan fingerprint density at radius 1 is 1.50 bits per heavy atom. The first kappa shape index (κ1) is 21.3. The lowest BCUT2D eigenvalue weighted by Gasteiger charge is -2.22. The molecule has 1 aliphatic heterocycles. The van der Waals surface area contributed by atoms with Crippen molar-refractivity contribution in [3.8, 4) is 0 Å². The van der Waals surface area contributed by atoms with E-state index >= 15 is 0 Å². The Bertz CT molecular complexity index is 638. The number of nitrogens with two attached hydrogens (primary N) is 2. The van der Waals surface area contributed by atoms with E-state index in [0.29, 0.717) is 18.7 Å². The monoisotopic (exact) mass is 366 g/mol. The van der Waals surface area contributed by atoms with E-state index in [-0.39, 0.29) is 30.4 Å². The van der Waals surface area contributed by atoms with Crippen molar-refractivity contribution in [2.75, 3.05) is 19.7 Å². The van der Waals surface area contributed by atoms with Crippen LogP contribution in [-0.4, -0.2) is 41.7 Å². The highest BCUT2D eigenvalue weighted by Crippen LogP contribution is 2.21. The Balaban J connectivity index is 2.97. The number of hydrogen-bond acceptors (Lipinski definition) is 6. The lowest BCUT2D eigenvalue weighted by Crippen LogP contribution is -2.38. The molecule has 0 aliphatic carbocycles. The number of nitrogens with zero attached hydrogens (tertiary/aromatic N) is 1. The van der Waals surface area contributed by atoms with Crippen LogP contribution in [0.2, 0.25) is 0 Å². The molecule has 1 aliphatic rings. The summed E-state index contributed by atoms with van der Waals surface area (Å²) in [4.78, 5) is 14.1. The molecular weight excluding hydrogens is 339 g/mol. The van der Waals surface area contributed by atoms with Crippen LogP contribution in [0.3, 0.4) is 0 Å². The normalized spacial score (nSPS) is 21.2. The maximum atomic E-state index is 14.2. The largest absolute Gasteiger partial charge is 0.491 e. The van der Waals surface area contributed by atoms with E-state index in [1.807, 2.05) is 6.92 Å². The Morgan fingerprint density at radius 2 is 2.23 bits per heavy atom. The fourth-order valence-corrected chi connectivity index (χ4v) is 2.24. The van der Waals surface area contributed by atoms with Crippen molar-refractivity contribution in [2.45, 2.75) is 26.4 Å². The van der Waals surface area contributed by atoms with Crippen LogP contribution in [0, 0.1) is 0 Å². The molecule has 0 spiro atoms. The molecule has 1 unspecified atom stereocenters. The van der Waals surface area contributed by atoms with Gasteiger partial charge in [0.1, 0.15) is 18.2 Å². The minimum Gasteiger partial charge on any atom is -0.491 e. The molecule has 1 atom stereocenters. The van der Waals surface area contributed by atoms with E-state index in [1.165, 1.54) is 23.4 Å². The van der Waals surface area contributed by atoms with Crippen LogP contribution in [0.1, 0.15) is 20.3 Å². The minimum absolute atomic E-state index is 0.134. The molecule has 1 heterocycles. The summed E-state index contributed by atoms with van der Waals surface area (Å²) in [5.74, 6) is -0.828. The number of allylic oxidation sites excluding steroid dienone is 4. The molecule has 1 saturated heterocycles. The fraction of sp³-hybridized carbons (Fsp3) is 0.389. The lowest BCUT2D eigenvalue weighted by molar-refractivity contribution is -0.128. The summed E-state index contributed by atoms with van der Waals surface area (Å²) in [5.41, 5.74) is 11.3. The maximum absolute atomic E-state index is 14.2. The van der Waals surface area contributed by atoms with E-state index in [1.54, 1.807) is 13.0 Å². The van der Waals surface area contributed by atoms with Crippen molar-refractivity contribution in [1.29, 1.82) is 0 Å². The van der Waals surface area contributed by atoms with Crippen LogP contribution in [0.5, 0.6) is 0 Å². The number of aliphatic hydroxyl groups is 1. The first-order valence-electron chi connectivity index (χ1n) is 8.37. The molecule has 144 valence electrons. The maximum Gasteiger partial charge on any atom is 0.257 e. The van der Waals surface area contributed by atoms with Crippen molar-refractivity contribution in [3.05, 3.63) is 59.7 Å². The van der Waals surface area contributed by atoms with Gasteiger partial charge in [0.15, 0.2) is 0 Å². The highest BCUT2D eigenvalue weighted by molar-refractivity contribution is 5.97. The zero-order valence-corrected chi connectivity index (χ0v) is 15.1. The molecule has 0 aromatic carbocycles. The number of amides is 1. The van der Waals surface area contributed by atoms with Gasteiger partial charge in [-0.3, -0.25) is 4.79 Å². The molecule has 6 N–H and O–H groups in total. The molecule has 26 heavy (non-hydrogen) atoms. The second kappa shape index (κ2) is 11.0. The quantitative estimate of drug-likeness (QED) is 0.397. The van der Waals surface area contributed by atoms with Gasteiger partial charge in [-0.25, -0.2) is 4.39 Å². The molecule has 0 radical (unpaired) electrons. The zero-order chi connectivity index (χ0) is 19.5. The van der Waals surface area contributed by atoms with Gasteiger partial charge in [-0.15, -0.1) is 0 Å². The van der Waals surface area contributed by atoms with E-state index in [9.17, 15) is 14.3 Å². The van der Waals surface area contributed by atoms with Gasteiger partial charge >= 0.3 is 0 Å². The first-order valence-corrected chi connectivity index (χ1v) is 8.37. The second-order valence-corrected chi connectivity index (χ2v) is 5.53. The highest BCUT2D eigenvalue weighted by atomic mass is 19.1. The average Bonchev–Trinajstić information content (AvgIpc) is 2.77. The van der Waals surface area contributed by atoms with Crippen LogP contribution < -0.4 is 16.8 Å². The third-order valence-electron chi connectivity index (χ3n) is 3.69. The zero-order valence-electron chi connectivity index (χ0n) is 15.1. The van der Waals surface area contributed by atoms with Crippen LogP contribution in [0.15, 0.2) is 59.7 Å². The fourth-order valence-electron chi connectivity index (χ4n) is 2.24. The number of β-amino-alcohol motifs (C(OH)–C–C–N with tert-alkyl or cyclic N) is 1. The van der Waals surface area contributed by atoms with Crippen LogP contribution in [0.4, 0.5) is 4.39 Å². The molecule has 0 aromatic heterocycles. The van der Waals surface area contributed by atoms with Gasteiger partial charge in [0.25, 0.3) is 5.91 Å². The van der Waals surface area contributed by atoms with Gasteiger partial charge in [-0.05, 0) is 25.6 Å². The average molecular weight is 366 g/mol. The Kier molecular flexibility index (Phi) is 9.00. The molecule has 0 aromatic rings. The van der Waals surface area contributed by atoms with Crippen molar-refractivity contribution >= 4 is 5.91 Å². The summed E-state index contributed by atoms with van der Waals surface area (Å²) in [6.07, 6.45) is 7.66. The van der Waals surface area contributed by atoms with Gasteiger partial charge in [-0.2, -0.15) is 0 Å². The van der Waals surface area contributed by atoms with Gasteiger partial charge in [0.05, 0.1) is 23.9 Å². The van der Waals surface area contributed by atoms with Gasteiger partial charge in [0.2, 0.25) is 0 Å². The van der Waals surface area contributed by atoms with Crippen molar-refractivity contribution < 1.29 is 19.0 Å². The van der Waals surface area contributed by atoms with E-state index in [0.717, 1.165) is 12.3 Å². The number of rotatable bonds is 7. The summed E-state index contributed by atoms with van der Waals surface area (Å²) in [5, 5.41) is 12.4. The smallest absolute Gasteiger partial charge is 0.257 e. The van der Waals surface area contributed by atoms with E-state index in [4.69, 9.17) is 16.2 Å². The lowest BCUT2D eigenvalue weighted by atomic mass is 10.1. The van der Waals surface area contributed by atoms with Crippen LogP contribution in [-0.2, 0) is 9.53 Å².